The molecule has 1 unspecified atom stereocenters. The van der Waals surface area contributed by atoms with Crippen LogP contribution in [0, 0.1) is 5.92 Å². The minimum Gasteiger partial charge on any atom is -0.402 e. The summed E-state index contributed by atoms with van der Waals surface area (Å²) in [5.41, 5.74) is 0.151. The molecule has 1 rings (SSSR count). The molecule has 10 heteroatoms. The standard InChI is InChI=1S/C14H19BCl2N2O5/c1-8(2)5-13(24-15(22)23)19-12(20)7-18-14(21)10-6-9(16)3-4-11(10)17/h3-4,6,8,13,22-23H,5,7H2,1-2H3,(H,18,21)(H,19,20). The van der Waals surface area contributed by atoms with Crippen molar-refractivity contribution in [2.45, 2.75) is 26.5 Å². The van der Waals surface area contributed by atoms with E-state index in [1.807, 2.05) is 13.8 Å². The summed E-state index contributed by atoms with van der Waals surface area (Å²) >= 11 is 11.7. The second kappa shape index (κ2) is 9.85. The van der Waals surface area contributed by atoms with E-state index in [1.54, 1.807) is 6.07 Å². The molecule has 0 radical (unpaired) electrons. The zero-order valence-electron chi connectivity index (χ0n) is 13.3. The number of halogens is 2. The number of carbonyl (C=O) groups excluding carboxylic acids is 2. The van der Waals surface area contributed by atoms with Gasteiger partial charge in [0, 0.05) is 5.02 Å². The molecule has 4 N–H and O–H groups in total. The van der Waals surface area contributed by atoms with Gasteiger partial charge in [-0.1, -0.05) is 37.0 Å². The Hall–Kier alpha value is -1.32. The maximum Gasteiger partial charge on any atom is 0.635 e. The van der Waals surface area contributed by atoms with Gasteiger partial charge in [-0.15, -0.1) is 0 Å². The fourth-order valence-corrected chi connectivity index (χ4v) is 2.26. The van der Waals surface area contributed by atoms with E-state index in [2.05, 4.69) is 10.6 Å². The summed E-state index contributed by atoms with van der Waals surface area (Å²) < 4.78 is 4.79. The first-order valence-corrected chi connectivity index (χ1v) is 7.98. The molecule has 0 bridgehead atoms. The summed E-state index contributed by atoms with van der Waals surface area (Å²) in [5, 5.41) is 23.1. The van der Waals surface area contributed by atoms with Gasteiger partial charge in [-0.05, 0) is 30.5 Å². The monoisotopic (exact) mass is 376 g/mol. The molecule has 24 heavy (non-hydrogen) atoms. The Kier molecular flexibility index (Phi) is 8.51. The third kappa shape index (κ3) is 7.50. The van der Waals surface area contributed by atoms with Crippen molar-refractivity contribution in [2.24, 2.45) is 5.92 Å². The summed E-state index contributed by atoms with van der Waals surface area (Å²) in [5.74, 6) is -0.956. The predicted molar refractivity (Wildman–Crippen MR) is 91.5 cm³/mol. The summed E-state index contributed by atoms with van der Waals surface area (Å²) in [7, 11) is -2.01. The van der Waals surface area contributed by atoms with Crippen molar-refractivity contribution in [3.63, 3.8) is 0 Å². The maximum atomic E-state index is 12.0. The first-order chi connectivity index (χ1) is 11.2. The Morgan fingerprint density at radius 3 is 2.54 bits per heavy atom. The average Bonchev–Trinajstić information content (AvgIpc) is 2.45. The molecule has 0 spiro atoms. The van der Waals surface area contributed by atoms with Crippen molar-refractivity contribution in [3.8, 4) is 0 Å². The first-order valence-electron chi connectivity index (χ1n) is 7.23. The molecule has 0 aliphatic carbocycles. The van der Waals surface area contributed by atoms with Gasteiger partial charge in [-0.3, -0.25) is 9.59 Å². The van der Waals surface area contributed by atoms with Gasteiger partial charge in [0.15, 0.2) is 0 Å². The van der Waals surface area contributed by atoms with E-state index < -0.39 is 25.4 Å². The minimum atomic E-state index is -2.01. The first kappa shape index (κ1) is 20.7. The van der Waals surface area contributed by atoms with Crippen LogP contribution in [0.25, 0.3) is 0 Å². The van der Waals surface area contributed by atoms with E-state index in [4.69, 9.17) is 37.9 Å². The van der Waals surface area contributed by atoms with Crippen LogP contribution in [0.15, 0.2) is 18.2 Å². The van der Waals surface area contributed by atoms with Gasteiger partial charge < -0.3 is 25.3 Å². The molecule has 2 amide bonds. The molecule has 0 aliphatic rings. The molecule has 1 atom stereocenters. The minimum absolute atomic E-state index is 0.147. The number of amides is 2. The number of carbonyl (C=O) groups is 2. The Morgan fingerprint density at radius 2 is 1.96 bits per heavy atom. The Balaban J connectivity index is 2.57. The lowest BCUT2D eigenvalue weighted by Gasteiger charge is -2.21. The third-order valence-corrected chi connectivity index (χ3v) is 3.44. The van der Waals surface area contributed by atoms with Crippen LogP contribution in [-0.2, 0) is 9.45 Å². The lowest BCUT2D eigenvalue weighted by molar-refractivity contribution is -0.123. The molecule has 0 heterocycles. The zero-order valence-corrected chi connectivity index (χ0v) is 14.8. The van der Waals surface area contributed by atoms with Crippen LogP contribution >= 0.6 is 23.2 Å². The second-order valence-electron chi connectivity index (χ2n) is 5.45. The van der Waals surface area contributed by atoms with Gasteiger partial charge in [0.05, 0.1) is 17.1 Å². The van der Waals surface area contributed by atoms with Gasteiger partial charge in [-0.25, -0.2) is 0 Å². The summed E-state index contributed by atoms with van der Waals surface area (Å²) in [6, 6.07) is 4.42. The highest BCUT2D eigenvalue weighted by Crippen LogP contribution is 2.20. The number of nitrogens with one attached hydrogen (secondary N) is 2. The van der Waals surface area contributed by atoms with Gasteiger partial charge in [0.25, 0.3) is 5.91 Å². The summed E-state index contributed by atoms with van der Waals surface area (Å²) in [6.07, 6.45) is -0.513. The van der Waals surface area contributed by atoms with E-state index in [1.165, 1.54) is 12.1 Å². The van der Waals surface area contributed by atoms with Gasteiger partial charge in [0.1, 0.15) is 6.23 Å². The zero-order chi connectivity index (χ0) is 18.3. The van der Waals surface area contributed by atoms with Crippen molar-refractivity contribution in [1.29, 1.82) is 0 Å². The highest BCUT2D eigenvalue weighted by Gasteiger charge is 2.21. The van der Waals surface area contributed by atoms with Crippen LogP contribution in [0.1, 0.15) is 30.6 Å². The maximum absolute atomic E-state index is 12.0. The molecular weight excluding hydrogens is 358 g/mol. The molecular formula is C14H19BCl2N2O5. The number of hydrogen-bond acceptors (Lipinski definition) is 5. The van der Waals surface area contributed by atoms with Crippen molar-refractivity contribution in [3.05, 3.63) is 33.8 Å². The SMILES string of the molecule is CC(C)CC(NC(=O)CNC(=O)c1cc(Cl)ccc1Cl)OB(O)O. The van der Waals surface area contributed by atoms with E-state index in [0.717, 1.165) is 0 Å². The van der Waals surface area contributed by atoms with E-state index in [0.29, 0.717) is 11.4 Å². The fraction of sp³-hybridized carbons (Fsp3) is 0.429. The van der Waals surface area contributed by atoms with Crippen LogP contribution in [0.3, 0.4) is 0 Å². The fourth-order valence-electron chi connectivity index (χ4n) is 1.88. The highest BCUT2D eigenvalue weighted by atomic mass is 35.5. The molecule has 1 aromatic carbocycles. The molecule has 7 nitrogen and oxygen atoms in total. The normalized spacial score (nSPS) is 12.0. The molecule has 0 aliphatic heterocycles. The third-order valence-electron chi connectivity index (χ3n) is 2.88. The largest absolute Gasteiger partial charge is 0.635 e. The van der Waals surface area contributed by atoms with Crippen molar-refractivity contribution < 1.29 is 24.3 Å². The summed E-state index contributed by atoms with van der Waals surface area (Å²) in [4.78, 5) is 23.9. The van der Waals surface area contributed by atoms with Crippen molar-refractivity contribution >= 4 is 42.3 Å². The van der Waals surface area contributed by atoms with Crippen molar-refractivity contribution in [1.82, 2.24) is 10.6 Å². The van der Waals surface area contributed by atoms with Crippen molar-refractivity contribution in [2.75, 3.05) is 6.54 Å². The lowest BCUT2D eigenvalue weighted by Crippen LogP contribution is -2.45. The van der Waals surface area contributed by atoms with Crippen LogP contribution in [0.2, 0.25) is 10.0 Å². The van der Waals surface area contributed by atoms with E-state index in [9.17, 15) is 9.59 Å². The van der Waals surface area contributed by atoms with Crippen LogP contribution in [0.4, 0.5) is 0 Å². The molecule has 0 saturated carbocycles. The Labute approximate surface area is 150 Å². The predicted octanol–water partition coefficient (Wildman–Crippen LogP) is 1.20. The molecule has 1 aromatic rings. The molecule has 0 saturated heterocycles. The second-order valence-corrected chi connectivity index (χ2v) is 6.30. The molecule has 0 fully saturated rings. The molecule has 132 valence electrons. The number of hydrogen-bond donors (Lipinski definition) is 4. The summed E-state index contributed by atoms with van der Waals surface area (Å²) in [6.45, 7) is 3.44. The lowest BCUT2D eigenvalue weighted by atomic mass is 10.1. The average molecular weight is 377 g/mol. The highest BCUT2D eigenvalue weighted by molar-refractivity contribution is 6.35. The van der Waals surface area contributed by atoms with Gasteiger partial charge in [0.2, 0.25) is 5.91 Å². The van der Waals surface area contributed by atoms with Crippen LogP contribution in [-0.4, -0.2) is 42.0 Å². The van der Waals surface area contributed by atoms with Gasteiger partial charge >= 0.3 is 7.32 Å². The van der Waals surface area contributed by atoms with Gasteiger partial charge in [-0.2, -0.15) is 0 Å². The quantitative estimate of drug-likeness (QED) is 0.402. The van der Waals surface area contributed by atoms with Crippen LogP contribution in [0.5, 0.6) is 0 Å². The Bertz CT molecular complexity index is 576. The number of rotatable bonds is 8. The Morgan fingerprint density at radius 1 is 1.29 bits per heavy atom. The molecule has 0 aromatic heterocycles. The van der Waals surface area contributed by atoms with Crippen LogP contribution < -0.4 is 10.6 Å². The number of benzene rings is 1. The topological polar surface area (TPSA) is 108 Å². The smallest absolute Gasteiger partial charge is 0.402 e. The van der Waals surface area contributed by atoms with E-state index >= 15 is 0 Å². The van der Waals surface area contributed by atoms with E-state index in [-0.39, 0.29) is 23.0 Å².